The Balaban J connectivity index is 2.22. The van der Waals surface area contributed by atoms with Crippen molar-refractivity contribution in [3.05, 3.63) is 23.2 Å². The normalized spacial score (nSPS) is 12.2. The van der Waals surface area contributed by atoms with Crippen LogP contribution in [0.5, 0.6) is 0 Å². The largest absolute Gasteiger partial charge is 0.329 e. The van der Waals surface area contributed by atoms with E-state index >= 15 is 0 Å². The summed E-state index contributed by atoms with van der Waals surface area (Å²) in [5.41, 5.74) is 2.14. The van der Waals surface area contributed by atoms with Crippen LogP contribution in [-0.2, 0) is 6.54 Å². The molecule has 0 aromatic carbocycles. The van der Waals surface area contributed by atoms with Gasteiger partial charge in [0.1, 0.15) is 0 Å². The van der Waals surface area contributed by atoms with Crippen LogP contribution in [0.3, 0.4) is 0 Å². The van der Waals surface area contributed by atoms with Crippen molar-refractivity contribution in [3.63, 3.8) is 0 Å². The summed E-state index contributed by atoms with van der Waals surface area (Å²) in [5, 5.41) is 0. The molecule has 0 aliphatic carbocycles. The van der Waals surface area contributed by atoms with Gasteiger partial charge in [-0.05, 0) is 46.0 Å². The number of pyridine rings is 1. The molecule has 0 bridgehead atoms. The number of rotatable bonds is 5. The lowest BCUT2D eigenvalue weighted by atomic mass is 10.2. The van der Waals surface area contributed by atoms with E-state index in [0.29, 0.717) is 12.1 Å². The molecule has 2 aromatic rings. The summed E-state index contributed by atoms with van der Waals surface area (Å²) in [7, 11) is 0. The van der Waals surface area contributed by atoms with Gasteiger partial charge in [-0.1, -0.05) is 0 Å². The highest BCUT2D eigenvalue weighted by molar-refractivity contribution is 7.71. The zero-order valence-electron chi connectivity index (χ0n) is 12.1. The van der Waals surface area contributed by atoms with E-state index in [1.165, 1.54) is 0 Å². The van der Waals surface area contributed by atoms with E-state index in [0.717, 1.165) is 28.9 Å². The molecule has 0 spiro atoms. The minimum atomic E-state index is 0.543. The van der Waals surface area contributed by atoms with E-state index < -0.39 is 0 Å². The van der Waals surface area contributed by atoms with Gasteiger partial charge in [-0.3, -0.25) is 9.88 Å². The monoisotopic (exact) mass is 278 g/mol. The van der Waals surface area contributed by atoms with E-state index in [-0.39, 0.29) is 0 Å². The molecular weight excluding hydrogens is 256 g/mol. The van der Waals surface area contributed by atoms with Gasteiger partial charge in [-0.25, -0.2) is 0 Å². The molecule has 4 nitrogen and oxygen atoms in total. The Labute approximate surface area is 119 Å². The Morgan fingerprint density at radius 2 is 2.00 bits per heavy atom. The Kier molecular flexibility index (Phi) is 4.37. The van der Waals surface area contributed by atoms with Crippen molar-refractivity contribution in [1.29, 1.82) is 0 Å². The first-order chi connectivity index (χ1) is 9.00. The second-order valence-corrected chi connectivity index (χ2v) is 5.79. The molecule has 0 amide bonds. The lowest BCUT2D eigenvalue weighted by Gasteiger charge is -2.30. The summed E-state index contributed by atoms with van der Waals surface area (Å²) >= 11 is 5.40. The van der Waals surface area contributed by atoms with Gasteiger partial charge in [-0.15, -0.1) is 0 Å². The predicted molar refractivity (Wildman–Crippen MR) is 81.9 cm³/mol. The Bertz CT molecular complexity index is 589. The minimum Gasteiger partial charge on any atom is -0.329 e. The Morgan fingerprint density at radius 3 is 2.63 bits per heavy atom. The number of nitrogens with one attached hydrogen (secondary N) is 1. The van der Waals surface area contributed by atoms with Crippen molar-refractivity contribution < 1.29 is 0 Å². The standard InChI is InChI=1S/C14H22N4S/c1-10(2)17(11(3)4)7-8-18-13-5-6-15-9-12(13)16-14(18)19/h5-6,9-11H,7-8H2,1-4H3,(H,16,19). The third kappa shape index (κ3) is 3.04. The van der Waals surface area contributed by atoms with Gasteiger partial charge < -0.3 is 9.55 Å². The van der Waals surface area contributed by atoms with Gasteiger partial charge in [-0.2, -0.15) is 0 Å². The van der Waals surface area contributed by atoms with Crippen LogP contribution in [0.15, 0.2) is 18.5 Å². The molecule has 0 aliphatic heterocycles. The number of fused-ring (bicyclic) bond motifs is 1. The van der Waals surface area contributed by atoms with Gasteiger partial charge in [0.15, 0.2) is 4.77 Å². The topological polar surface area (TPSA) is 36.9 Å². The Morgan fingerprint density at radius 1 is 1.32 bits per heavy atom. The highest BCUT2D eigenvalue weighted by Crippen LogP contribution is 2.13. The second-order valence-electron chi connectivity index (χ2n) is 5.40. The highest BCUT2D eigenvalue weighted by Gasteiger charge is 2.14. The molecule has 2 rings (SSSR count). The quantitative estimate of drug-likeness (QED) is 0.853. The zero-order valence-corrected chi connectivity index (χ0v) is 12.9. The molecule has 0 radical (unpaired) electrons. The number of hydrogen-bond donors (Lipinski definition) is 1. The van der Waals surface area contributed by atoms with Crippen LogP contribution in [0.25, 0.3) is 11.0 Å². The summed E-state index contributed by atoms with van der Waals surface area (Å²) in [6, 6.07) is 3.10. The summed E-state index contributed by atoms with van der Waals surface area (Å²) in [4.78, 5) is 9.80. The first kappa shape index (κ1) is 14.2. The fourth-order valence-electron chi connectivity index (χ4n) is 2.56. The fraction of sp³-hybridized carbons (Fsp3) is 0.571. The van der Waals surface area contributed by atoms with Gasteiger partial charge in [0.05, 0.1) is 17.2 Å². The van der Waals surface area contributed by atoms with Crippen molar-refractivity contribution in [2.45, 2.75) is 46.3 Å². The molecule has 5 heteroatoms. The SMILES string of the molecule is CC(C)N(CCn1c(=S)[nH]c2cnccc21)C(C)C. The zero-order chi connectivity index (χ0) is 14.0. The molecule has 2 heterocycles. The van der Waals surface area contributed by atoms with Gasteiger partial charge >= 0.3 is 0 Å². The van der Waals surface area contributed by atoms with E-state index in [1.54, 1.807) is 0 Å². The van der Waals surface area contributed by atoms with Crippen LogP contribution in [-0.4, -0.2) is 38.1 Å². The average Bonchev–Trinajstić information content (AvgIpc) is 2.65. The van der Waals surface area contributed by atoms with Gasteiger partial charge in [0.25, 0.3) is 0 Å². The van der Waals surface area contributed by atoms with Crippen LogP contribution in [0.2, 0.25) is 0 Å². The Hall–Kier alpha value is -1.20. The second kappa shape index (κ2) is 5.84. The average molecular weight is 278 g/mol. The molecule has 0 aliphatic rings. The maximum absolute atomic E-state index is 5.40. The van der Waals surface area contributed by atoms with Crippen molar-refractivity contribution in [2.24, 2.45) is 0 Å². The van der Waals surface area contributed by atoms with E-state index in [4.69, 9.17) is 12.2 Å². The van der Waals surface area contributed by atoms with Crippen molar-refractivity contribution in [1.82, 2.24) is 19.4 Å². The number of H-pyrrole nitrogens is 1. The molecule has 2 aromatic heterocycles. The molecule has 0 fully saturated rings. The lowest BCUT2D eigenvalue weighted by Crippen LogP contribution is -2.39. The van der Waals surface area contributed by atoms with Crippen LogP contribution >= 0.6 is 12.2 Å². The molecule has 0 atom stereocenters. The summed E-state index contributed by atoms with van der Waals surface area (Å²) in [5.74, 6) is 0. The van der Waals surface area contributed by atoms with Crippen LogP contribution in [0, 0.1) is 4.77 Å². The van der Waals surface area contributed by atoms with Crippen molar-refractivity contribution in [2.75, 3.05) is 6.54 Å². The number of hydrogen-bond acceptors (Lipinski definition) is 3. The molecule has 0 saturated carbocycles. The molecular formula is C14H22N4S. The molecule has 0 saturated heterocycles. The van der Waals surface area contributed by atoms with Crippen LogP contribution in [0.1, 0.15) is 27.7 Å². The molecule has 0 unspecified atom stereocenters. The summed E-state index contributed by atoms with van der Waals surface area (Å²) < 4.78 is 2.93. The molecule has 104 valence electrons. The van der Waals surface area contributed by atoms with Gasteiger partial charge in [0.2, 0.25) is 0 Å². The predicted octanol–water partition coefficient (Wildman–Crippen LogP) is 3.21. The number of imidazole rings is 1. The maximum atomic E-state index is 5.40. The number of nitrogens with zero attached hydrogens (tertiary/aromatic N) is 3. The maximum Gasteiger partial charge on any atom is 0.178 e. The molecule has 1 N–H and O–H groups in total. The van der Waals surface area contributed by atoms with E-state index in [1.807, 2.05) is 18.5 Å². The van der Waals surface area contributed by atoms with E-state index in [2.05, 4.69) is 47.1 Å². The number of aromatic nitrogens is 3. The third-order valence-electron chi connectivity index (χ3n) is 3.48. The summed E-state index contributed by atoms with van der Waals surface area (Å²) in [6.07, 6.45) is 3.63. The summed E-state index contributed by atoms with van der Waals surface area (Å²) in [6.45, 7) is 10.8. The van der Waals surface area contributed by atoms with E-state index in [9.17, 15) is 0 Å². The first-order valence-corrected chi connectivity index (χ1v) is 7.19. The van der Waals surface area contributed by atoms with Crippen LogP contribution < -0.4 is 0 Å². The smallest absolute Gasteiger partial charge is 0.178 e. The highest BCUT2D eigenvalue weighted by atomic mass is 32.1. The lowest BCUT2D eigenvalue weighted by molar-refractivity contribution is 0.168. The third-order valence-corrected chi connectivity index (χ3v) is 3.81. The van der Waals surface area contributed by atoms with Crippen LogP contribution in [0.4, 0.5) is 0 Å². The minimum absolute atomic E-state index is 0.543. The van der Waals surface area contributed by atoms with Crippen molar-refractivity contribution >= 4 is 23.3 Å². The number of aromatic amines is 1. The van der Waals surface area contributed by atoms with Gasteiger partial charge in [0, 0.05) is 31.4 Å². The van der Waals surface area contributed by atoms with Crippen molar-refractivity contribution in [3.8, 4) is 0 Å². The fourth-order valence-corrected chi connectivity index (χ4v) is 2.86. The molecule has 19 heavy (non-hydrogen) atoms. The first-order valence-electron chi connectivity index (χ1n) is 6.79.